The van der Waals surface area contributed by atoms with Crippen molar-refractivity contribution >= 4 is 56.8 Å². The first-order valence-electron chi connectivity index (χ1n) is 2.06. The second kappa shape index (κ2) is 4.30. The van der Waals surface area contributed by atoms with Crippen molar-refractivity contribution in [3.63, 3.8) is 0 Å². The number of alkyl halides is 4. The van der Waals surface area contributed by atoms with Crippen molar-refractivity contribution in [3.05, 3.63) is 0 Å². The van der Waals surface area contributed by atoms with E-state index in [1.54, 1.807) is 0 Å². The molecule has 0 rings (SSSR count). The lowest BCUT2D eigenvalue weighted by atomic mass is 11.2. The molecule has 0 saturated carbocycles. The Hall–Kier alpha value is 1.00. The Labute approximate surface area is 83.3 Å². The summed E-state index contributed by atoms with van der Waals surface area (Å²) in [4.78, 5) is -3.30. The van der Waals surface area contributed by atoms with Crippen molar-refractivity contribution < 1.29 is 12.3 Å². The lowest BCUT2D eigenvalue weighted by Crippen LogP contribution is -2.34. The highest BCUT2D eigenvalue weighted by molar-refractivity contribution is 7.84. The average Bonchev–Trinajstić information content (AvgIpc) is 1.54. The average molecular weight is 265 g/mol. The van der Waals surface area contributed by atoms with Crippen molar-refractivity contribution in [3.8, 4) is 0 Å². The lowest BCUT2D eigenvalue weighted by Gasteiger charge is -2.18. The van der Waals surface area contributed by atoms with Gasteiger partial charge < -0.3 is 0 Å². The minimum absolute atomic E-state index is 0.112. The highest BCUT2D eigenvalue weighted by Crippen LogP contribution is 2.23. The van der Waals surface area contributed by atoms with Gasteiger partial charge in [-0.05, 0) is 0 Å². The molecule has 68 valence electrons. The monoisotopic (exact) mass is 263 g/mol. The van der Waals surface area contributed by atoms with Crippen molar-refractivity contribution in [1.82, 2.24) is 4.31 Å². The van der Waals surface area contributed by atoms with Gasteiger partial charge in [-0.3, -0.25) is 0 Å². The molecule has 0 aliphatic carbocycles. The van der Waals surface area contributed by atoms with Crippen LogP contribution in [0, 0.1) is 0 Å². The predicted octanol–water partition coefficient (Wildman–Crippen LogP) is 2.03. The van der Waals surface area contributed by atoms with Crippen LogP contribution in [-0.2, 0) is 10.4 Å². The number of hydrogen-bond donors (Lipinski definition) is 0. The summed E-state index contributed by atoms with van der Waals surface area (Å²) in [5.74, 6) is 0. The standard InChI is InChI=1S/C2H2Cl4FNO2S/c3-1(4)8(2(5)6)11(7,9)10/h1-2H. The third kappa shape index (κ3) is 3.96. The SMILES string of the molecule is O=S(=O)(F)N(C(Cl)Cl)C(Cl)Cl. The van der Waals surface area contributed by atoms with Gasteiger partial charge in [-0.25, -0.2) is 0 Å². The van der Waals surface area contributed by atoms with E-state index >= 15 is 0 Å². The summed E-state index contributed by atoms with van der Waals surface area (Å²) in [6.45, 7) is 0. The summed E-state index contributed by atoms with van der Waals surface area (Å²) >= 11 is 20.1. The van der Waals surface area contributed by atoms with Crippen LogP contribution in [0.15, 0.2) is 0 Å². The molecule has 0 saturated heterocycles. The number of hydrogen-bond acceptors (Lipinski definition) is 2. The maximum Gasteiger partial charge on any atom is 0.379 e. The molecule has 0 unspecified atom stereocenters. The number of halogens is 5. The van der Waals surface area contributed by atoms with E-state index in [1.807, 2.05) is 0 Å². The van der Waals surface area contributed by atoms with Crippen LogP contribution in [0.25, 0.3) is 0 Å². The number of nitrogens with zero attached hydrogens (tertiary/aromatic N) is 1. The Kier molecular flexibility index (Phi) is 4.69. The van der Waals surface area contributed by atoms with E-state index in [4.69, 9.17) is 46.4 Å². The Balaban J connectivity index is 4.64. The van der Waals surface area contributed by atoms with Crippen molar-refractivity contribution in [2.75, 3.05) is 0 Å². The summed E-state index contributed by atoms with van der Waals surface area (Å²) in [6.07, 6.45) is 0. The summed E-state index contributed by atoms with van der Waals surface area (Å²) in [5.41, 5.74) is 0. The van der Waals surface area contributed by atoms with Crippen LogP contribution in [0.5, 0.6) is 0 Å². The van der Waals surface area contributed by atoms with Crippen LogP contribution >= 0.6 is 46.4 Å². The maximum atomic E-state index is 12.1. The van der Waals surface area contributed by atoms with Crippen LogP contribution in [-0.4, -0.2) is 22.6 Å². The first-order valence-corrected chi connectivity index (χ1v) is 5.15. The zero-order chi connectivity index (χ0) is 9.23. The van der Waals surface area contributed by atoms with Gasteiger partial charge in [0, 0.05) is 0 Å². The molecule has 0 aromatic rings. The Bertz CT molecular complexity index is 208. The fourth-order valence-electron chi connectivity index (χ4n) is 0.276. The van der Waals surface area contributed by atoms with E-state index in [0.717, 1.165) is 0 Å². The van der Waals surface area contributed by atoms with Gasteiger partial charge in [0.1, 0.15) is 0 Å². The molecule has 0 N–H and O–H groups in total. The Morgan fingerprint density at radius 2 is 1.36 bits per heavy atom. The fraction of sp³-hybridized carbons (Fsp3) is 1.00. The first-order chi connectivity index (χ1) is 4.76. The molecule has 0 aliphatic heterocycles. The molecule has 0 fully saturated rings. The molecular weight excluding hydrogens is 263 g/mol. The molecule has 0 aromatic carbocycles. The van der Waals surface area contributed by atoms with Crippen LogP contribution in [0.3, 0.4) is 0 Å². The second-order valence-corrected chi connectivity index (χ2v) is 4.67. The highest BCUT2D eigenvalue weighted by atomic mass is 35.5. The van der Waals surface area contributed by atoms with Gasteiger partial charge in [-0.15, -0.1) is 4.31 Å². The molecule has 9 heteroatoms. The summed E-state index contributed by atoms with van der Waals surface area (Å²) in [5, 5.41) is 0. The first kappa shape index (κ1) is 12.0. The highest BCUT2D eigenvalue weighted by Gasteiger charge is 2.32. The van der Waals surface area contributed by atoms with Gasteiger partial charge in [0.15, 0.2) is 9.92 Å². The Morgan fingerprint density at radius 1 is 1.09 bits per heavy atom. The van der Waals surface area contributed by atoms with Gasteiger partial charge in [-0.2, -0.15) is 8.42 Å². The smallest absolute Gasteiger partial charge is 0.177 e. The maximum absolute atomic E-state index is 12.1. The normalized spacial score (nSPS) is 13.5. The zero-order valence-electron chi connectivity index (χ0n) is 4.72. The molecule has 0 bridgehead atoms. The van der Waals surface area contributed by atoms with Crippen LogP contribution in [0.4, 0.5) is 3.89 Å². The topological polar surface area (TPSA) is 37.4 Å². The molecule has 0 amide bonds. The molecule has 0 heterocycles. The second-order valence-electron chi connectivity index (χ2n) is 1.33. The fourth-order valence-corrected chi connectivity index (χ4v) is 2.48. The van der Waals surface area contributed by atoms with Crippen LogP contribution < -0.4 is 0 Å². The molecule has 3 nitrogen and oxygen atoms in total. The molecule has 0 atom stereocenters. The lowest BCUT2D eigenvalue weighted by molar-refractivity contribution is 0.428. The van der Waals surface area contributed by atoms with Crippen molar-refractivity contribution in [2.24, 2.45) is 0 Å². The summed E-state index contributed by atoms with van der Waals surface area (Å²) < 4.78 is 32.3. The van der Waals surface area contributed by atoms with Crippen molar-refractivity contribution in [2.45, 2.75) is 9.92 Å². The molecular formula is C2H2Cl4FNO2S. The summed E-state index contributed by atoms with van der Waals surface area (Å²) in [6, 6.07) is 0. The van der Waals surface area contributed by atoms with Crippen molar-refractivity contribution in [1.29, 1.82) is 0 Å². The van der Waals surface area contributed by atoms with E-state index in [2.05, 4.69) is 0 Å². The minimum Gasteiger partial charge on any atom is -0.177 e. The van der Waals surface area contributed by atoms with Crippen LogP contribution in [0.1, 0.15) is 0 Å². The Morgan fingerprint density at radius 3 is 1.36 bits per heavy atom. The number of rotatable bonds is 3. The van der Waals surface area contributed by atoms with E-state index in [1.165, 1.54) is 0 Å². The van der Waals surface area contributed by atoms with E-state index < -0.39 is 20.3 Å². The van der Waals surface area contributed by atoms with E-state index in [0.29, 0.717) is 0 Å². The quantitative estimate of drug-likeness (QED) is 0.444. The zero-order valence-corrected chi connectivity index (χ0v) is 8.56. The molecule has 0 aromatic heterocycles. The molecule has 0 radical (unpaired) electrons. The van der Waals surface area contributed by atoms with Gasteiger partial charge >= 0.3 is 10.4 Å². The van der Waals surface area contributed by atoms with Gasteiger partial charge in [0.2, 0.25) is 0 Å². The third-order valence-corrected chi connectivity index (χ3v) is 2.87. The van der Waals surface area contributed by atoms with Crippen LogP contribution in [0.2, 0.25) is 0 Å². The van der Waals surface area contributed by atoms with Gasteiger partial charge in [0.05, 0.1) is 0 Å². The molecule has 0 aliphatic rings. The molecule has 11 heavy (non-hydrogen) atoms. The molecule has 0 spiro atoms. The van der Waals surface area contributed by atoms with Gasteiger partial charge in [0.25, 0.3) is 0 Å². The third-order valence-electron chi connectivity index (χ3n) is 0.637. The van der Waals surface area contributed by atoms with E-state index in [9.17, 15) is 12.3 Å². The van der Waals surface area contributed by atoms with E-state index in [-0.39, 0.29) is 4.31 Å². The summed E-state index contributed by atoms with van der Waals surface area (Å²) in [7, 11) is -5.06. The predicted molar refractivity (Wildman–Crippen MR) is 42.9 cm³/mol. The van der Waals surface area contributed by atoms with Gasteiger partial charge in [-0.1, -0.05) is 50.3 Å². The minimum atomic E-state index is -5.06. The largest absolute Gasteiger partial charge is 0.379 e.